The molecule has 0 saturated heterocycles. The molecule has 0 aliphatic carbocycles. The second-order valence-corrected chi connectivity index (χ2v) is 6.43. The predicted molar refractivity (Wildman–Crippen MR) is 104 cm³/mol. The van der Waals surface area contributed by atoms with Crippen molar-refractivity contribution in [1.82, 2.24) is 0 Å². The highest BCUT2D eigenvalue weighted by Crippen LogP contribution is 2.38. The van der Waals surface area contributed by atoms with Crippen LogP contribution in [0.4, 0.5) is 22.0 Å². The average molecular weight is 500 g/mol. The molecule has 0 spiro atoms. The van der Waals surface area contributed by atoms with Gasteiger partial charge in [0.25, 0.3) is 0 Å². The zero-order chi connectivity index (χ0) is 24.8. The monoisotopic (exact) mass is 500 g/mol. The van der Waals surface area contributed by atoms with Gasteiger partial charge in [0.2, 0.25) is 0 Å². The molecule has 1 N–H and O–H groups in total. The predicted octanol–water partition coefficient (Wildman–Crippen LogP) is 2.17. The molecule has 0 aromatic rings. The lowest BCUT2D eigenvalue weighted by molar-refractivity contribution is -0.285. The topological polar surface area (TPSA) is 102 Å². The van der Waals surface area contributed by atoms with Gasteiger partial charge in [0.1, 0.15) is 6.61 Å². The Morgan fingerprint density at radius 1 is 0.545 bits per heavy atom. The number of carbonyl (C=O) groups is 1. The first-order valence-corrected chi connectivity index (χ1v) is 10.4. The van der Waals surface area contributed by atoms with Crippen LogP contribution in [-0.4, -0.2) is 116 Å². The van der Waals surface area contributed by atoms with E-state index < -0.39 is 30.9 Å². The van der Waals surface area contributed by atoms with Crippen LogP contribution in [0.3, 0.4) is 0 Å². The minimum atomic E-state index is -5.53. The highest BCUT2D eigenvalue weighted by molar-refractivity contribution is 5.67. The number of ether oxygens (including phenoxy) is 7. The Balaban J connectivity index is 3.17. The van der Waals surface area contributed by atoms with E-state index in [-0.39, 0.29) is 46.2 Å². The fourth-order valence-corrected chi connectivity index (χ4v) is 2.02. The normalized spacial score (nSPS) is 12.4. The molecule has 0 fully saturated rings. The van der Waals surface area contributed by atoms with Gasteiger partial charge < -0.3 is 38.3 Å². The summed E-state index contributed by atoms with van der Waals surface area (Å²) in [6.07, 6.45) is -7.24. The molecule has 14 heteroatoms. The molecule has 0 atom stereocenters. The molecule has 0 saturated carbocycles. The summed E-state index contributed by atoms with van der Waals surface area (Å²) in [7, 11) is 0. The molecular weight excluding hydrogens is 467 g/mol. The maximum atomic E-state index is 12.6. The van der Waals surface area contributed by atoms with Gasteiger partial charge in [-0.15, -0.1) is 0 Å². The van der Waals surface area contributed by atoms with E-state index in [0.717, 1.165) is 0 Å². The Morgan fingerprint density at radius 3 is 1.15 bits per heavy atom. The van der Waals surface area contributed by atoms with Gasteiger partial charge >= 0.3 is 18.1 Å². The zero-order valence-electron chi connectivity index (χ0n) is 18.4. The van der Waals surface area contributed by atoms with Crippen LogP contribution in [0.1, 0.15) is 12.8 Å². The van der Waals surface area contributed by atoms with Gasteiger partial charge in [0, 0.05) is 13.0 Å². The summed E-state index contributed by atoms with van der Waals surface area (Å²) < 4.78 is 97.1. The van der Waals surface area contributed by atoms with Gasteiger partial charge in [-0.25, -0.2) is 4.79 Å². The van der Waals surface area contributed by atoms with Gasteiger partial charge in [-0.3, -0.25) is 0 Å². The van der Waals surface area contributed by atoms with Crippen LogP contribution in [0.5, 0.6) is 0 Å². The summed E-state index contributed by atoms with van der Waals surface area (Å²) in [4.78, 5) is 10.2. The summed E-state index contributed by atoms with van der Waals surface area (Å²) in [6.45, 7) is 3.00. The maximum Gasteiger partial charge on any atom is 0.453 e. The Kier molecular flexibility index (Phi) is 19.5. The van der Waals surface area contributed by atoms with Crippen molar-refractivity contribution in [2.45, 2.75) is 24.9 Å². The lowest BCUT2D eigenvalue weighted by atomic mass is 10.2. The van der Waals surface area contributed by atoms with Crippen LogP contribution >= 0.6 is 0 Å². The summed E-state index contributed by atoms with van der Waals surface area (Å²) in [5.74, 6) is -5.72. The number of alkyl halides is 5. The summed E-state index contributed by atoms with van der Waals surface area (Å²) in [5.41, 5.74) is 0. The standard InChI is InChI=1S/C19H33F5O9/c20-18(21,19(22,23)24)2-1-3-27-4-5-28-6-7-29-8-9-30-10-11-31-12-13-32-14-15-33-16-17(25)26/h1-16H2,(H,25,26). The first kappa shape index (κ1) is 31.8. The van der Waals surface area contributed by atoms with Crippen molar-refractivity contribution in [3.05, 3.63) is 0 Å². The summed E-state index contributed by atoms with van der Waals surface area (Å²) >= 11 is 0. The molecule has 0 aromatic heterocycles. The zero-order valence-corrected chi connectivity index (χ0v) is 18.4. The van der Waals surface area contributed by atoms with Crippen LogP contribution in [-0.2, 0) is 38.0 Å². The van der Waals surface area contributed by atoms with E-state index in [9.17, 15) is 26.7 Å². The third kappa shape index (κ3) is 21.1. The number of carboxylic acid groups (broad SMARTS) is 1. The molecule has 198 valence electrons. The molecular formula is C19H33F5O9. The first-order valence-electron chi connectivity index (χ1n) is 10.4. The van der Waals surface area contributed by atoms with Gasteiger partial charge in [0.05, 0.1) is 79.3 Å². The molecule has 0 aromatic carbocycles. The van der Waals surface area contributed by atoms with Crippen molar-refractivity contribution >= 4 is 5.97 Å². The number of halogens is 5. The molecule has 0 heterocycles. The molecule has 0 bridgehead atoms. The Bertz CT molecular complexity index is 467. The van der Waals surface area contributed by atoms with Crippen LogP contribution in [0.15, 0.2) is 0 Å². The van der Waals surface area contributed by atoms with Crippen molar-refractivity contribution in [3.8, 4) is 0 Å². The van der Waals surface area contributed by atoms with Crippen molar-refractivity contribution < 1.29 is 65.0 Å². The SMILES string of the molecule is O=C(O)COCCOCCOCCOCCOCCOCCOCCCC(F)(F)C(F)(F)F. The lowest BCUT2D eigenvalue weighted by Crippen LogP contribution is -2.36. The molecule has 33 heavy (non-hydrogen) atoms. The van der Waals surface area contributed by atoms with Gasteiger partial charge in [-0.1, -0.05) is 0 Å². The lowest BCUT2D eigenvalue weighted by Gasteiger charge is -2.19. The van der Waals surface area contributed by atoms with Crippen LogP contribution in [0.2, 0.25) is 0 Å². The molecule has 0 radical (unpaired) electrons. The highest BCUT2D eigenvalue weighted by atomic mass is 19.4. The second kappa shape index (κ2) is 20.2. The number of aliphatic carboxylic acids is 1. The van der Waals surface area contributed by atoms with Crippen LogP contribution in [0, 0.1) is 0 Å². The molecule has 0 amide bonds. The third-order valence-corrected chi connectivity index (χ3v) is 3.65. The van der Waals surface area contributed by atoms with E-state index in [1.165, 1.54) is 0 Å². The van der Waals surface area contributed by atoms with Crippen molar-refractivity contribution in [2.75, 3.05) is 92.5 Å². The largest absolute Gasteiger partial charge is 0.480 e. The number of carboxylic acids is 1. The molecule has 0 aliphatic heterocycles. The van der Waals surface area contributed by atoms with Crippen molar-refractivity contribution in [3.63, 3.8) is 0 Å². The molecule has 0 aliphatic rings. The quantitative estimate of drug-likeness (QED) is 0.158. The first-order chi connectivity index (χ1) is 15.7. The molecule has 0 unspecified atom stereocenters. The van der Waals surface area contributed by atoms with Gasteiger partial charge in [-0.05, 0) is 6.42 Å². The summed E-state index contributed by atoms with van der Waals surface area (Å²) in [5, 5.41) is 8.36. The number of rotatable bonds is 24. The molecule has 0 rings (SSSR count). The minimum Gasteiger partial charge on any atom is -0.480 e. The van der Waals surface area contributed by atoms with Gasteiger partial charge in [0.15, 0.2) is 0 Å². The fourth-order valence-electron chi connectivity index (χ4n) is 2.02. The van der Waals surface area contributed by atoms with E-state index in [0.29, 0.717) is 46.2 Å². The smallest absolute Gasteiger partial charge is 0.453 e. The number of hydrogen-bond acceptors (Lipinski definition) is 8. The average Bonchev–Trinajstić information content (AvgIpc) is 2.73. The van der Waals surface area contributed by atoms with E-state index in [1.807, 2.05) is 0 Å². The van der Waals surface area contributed by atoms with Gasteiger partial charge in [-0.2, -0.15) is 22.0 Å². The number of hydrogen-bond donors (Lipinski definition) is 1. The van der Waals surface area contributed by atoms with Crippen molar-refractivity contribution in [1.29, 1.82) is 0 Å². The third-order valence-electron chi connectivity index (χ3n) is 3.65. The highest BCUT2D eigenvalue weighted by Gasteiger charge is 2.56. The van der Waals surface area contributed by atoms with Crippen LogP contribution < -0.4 is 0 Å². The Morgan fingerprint density at radius 2 is 0.848 bits per heavy atom. The summed E-state index contributed by atoms with van der Waals surface area (Å²) in [6, 6.07) is 0. The Labute approximate surface area is 189 Å². The maximum absolute atomic E-state index is 12.6. The minimum absolute atomic E-state index is 0.0875. The second-order valence-electron chi connectivity index (χ2n) is 6.43. The van der Waals surface area contributed by atoms with E-state index in [2.05, 4.69) is 0 Å². The van der Waals surface area contributed by atoms with E-state index in [4.69, 9.17) is 38.3 Å². The fraction of sp³-hybridized carbons (Fsp3) is 0.947. The van der Waals surface area contributed by atoms with E-state index >= 15 is 0 Å². The Hall–Kier alpha value is -1.16. The van der Waals surface area contributed by atoms with Crippen LogP contribution in [0.25, 0.3) is 0 Å². The molecule has 9 nitrogen and oxygen atoms in total. The van der Waals surface area contributed by atoms with Crippen molar-refractivity contribution in [2.24, 2.45) is 0 Å². The van der Waals surface area contributed by atoms with E-state index in [1.54, 1.807) is 0 Å².